The second-order valence-electron chi connectivity index (χ2n) is 12.0. The monoisotopic (exact) mass is 627 g/mol. The van der Waals surface area contributed by atoms with Crippen LogP contribution < -0.4 is 10.1 Å². The first-order valence-corrected chi connectivity index (χ1v) is 14.9. The van der Waals surface area contributed by atoms with Crippen molar-refractivity contribution in [2.75, 3.05) is 18.4 Å². The minimum Gasteiger partial charge on any atom is -0.455 e. The van der Waals surface area contributed by atoms with E-state index < -0.39 is 17.4 Å². The summed E-state index contributed by atoms with van der Waals surface area (Å²) in [5.41, 5.74) is 3.35. The summed E-state index contributed by atoms with van der Waals surface area (Å²) >= 11 is 12.4. The summed E-state index contributed by atoms with van der Waals surface area (Å²) in [4.78, 5) is 42.0. The lowest BCUT2D eigenvalue weighted by atomic mass is 10.0. The first kappa shape index (κ1) is 30.7. The number of amides is 3. The Bertz CT molecular complexity index is 1550. The van der Waals surface area contributed by atoms with Crippen LogP contribution in [0.3, 0.4) is 0 Å². The van der Waals surface area contributed by atoms with Crippen molar-refractivity contribution in [2.24, 2.45) is 0 Å². The first-order valence-electron chi connectivity index (χ1n) is 14.2. The highest BCUT2D eigenvalue weighted by atomic mass is 35.5. The van der Waals surface area contributed by atoms with Crippen LogP contribution >= 0.6 is 23.2 Å². The van der Waals surface area contributed by atoms with Crippen molar-refractivity contribution in [1.82, 2.24) is 19.6 Å². The number of nitrogens with one attached hydrogen (secondary N) is 1. The Hall–Kier alpha value is -3.76. The van der Waals surface area contributed by atoms with Crippen molar-refractivity contribution in [1.29, 1.82) is 0 Å². The number of rotatable bonds is 4. The number of aryl methyl sites for hydroxylation is 2. The maximum Gasteiger partial charge on any atom is 0.410 e. The number of likely N-dealkylation sites (tertiary alicyclic amines) is 1. The largest absolute Gasteiger partial charge is 0.455 e. The highest BCUT2D eigenvalue weighted by Crippen LogP contribution is 2.37. The molecule has 1 fully saturated rings. The summed E-state index contributed by atoms with van der Waals surface area (Å²) in [6, 6.07) is 8.48. The molecule has 43 heavy (non-hydrogen) atoms. The van der Waals surface area contributed by atoms with Crippen molar-refractivity contribution in [3.05, 3.63) is 69.0 Å². The minimum atomic E-state index is -0.775. The van der Waals surface area contributed by atoms with Crippen LogP contribution in [-0.2, 0) is 27.4 Å². The number of nitrogens with zero attached hydrogens (tertiary/aromatic N) is 4. The van der Waals surface area contributed by atoms with E-state index >= 15 is 0 Å². The van der Waals surface area contributed by atoms with Gasteiger partial charge < -0.3 is 19.7 Å². The standard InChI is InChI=1S/C31H35Cl2N5O5/c1-18-12-22(33)13-19(2)27(18)42-26-7-6-21(32)14-24(26)35-28(39)29(40)36-10-8-23(9-11-36)38-25-17-37(16-20(25)15-34-38)30(41)43-31(3,4)5/h6-7,12-15,23H,8-11,16-17H2,1-5H3,(H,35,39). The summed E-state index contributed by atoms with van der Waals surface area (Å²) in [7, 11) is 0. The number of ether oxygens (including phenoxy) is 2. The van der Waals surface area contributed by atoms with Crippen molar-refractivity contribution in [3.8, 4) is 11.5 Å². The normalized spacial score (nSPS) is 15.3. The molecule has 0 bridgehead atoms. The molecule has 10 nitrogen and oxygen atoms in total. The lowest BCUT2D eigenvalue weighted by Crippen LogP contribution is -2.44. The van der Waals surface area contributed by atoms with Gasteiger partial charge in [0.2, 0.25) is 0 Å². The van der Waals surface area contributed by atoms with Crippen LogP contribution in [0.4, 0.5) is 10.5 Å². The molecule has 0 saturated carbocycles. The molecule has 2 aromatic carbocycles. The second-order valence-corrected chi connectivity index (χ2v) is 12.9. The molecular weight excluding hydrogens is 593 g/mol. The predicted octanol–water partition coefficient (Wildman–Crippen LogP) is 6.65. The Morgan fingerprint density at radius 3 is 2.28 bits per heavy atom. The van der Waals surface area contributed by atoms with E-state index in [0.29, 0.717) is 60.6 Å². The fraction of sp³-hybridized carbons (Fsp3) is 0.419. The predicted molar refractivity (Wildman–Crippen MR) is 164 cm³/mol. The highest BCUT2D eigenvalue weighted by Gasteiger charge is 2.34. The maximum absolute atomic E-state index is 13.2. The number of carbonyl (C=O) groups excluding carboxylic acids is 3. The zero-order valence-electron chi connectivity index (χ0n) is 24.9. The molecule has 3 heterocycles. The molecule has 5 rings (SSSR count). The van der Waals surface area contributed by atoms with E-state index in [-0.39, 0.29) is 17.8 Å². The topological polar surface area (TPSA) is 106 Å². The summed E-state index contributed by atoms with van der Waals surface area (Å²) < 4.78 is 13.6. The molecule has 0 spiro atoms. The van der Waals surface area contributed by atoms with Crippen molar-refractivity contribution < 1.29 is 23.9 Å². The molecule has 12 heteroatoms. The van der Waals surface area contributed by atoms with Crippen LogP contribution in [0.5, 0.6) is 11.5 Å². The number of hydrogen-bond acceptors (Lipinski definition) is 6. The Labute approximate surface area is 260 Å². The number of piperidine rings is 1. The number of halogens is 2. The van der Waals surface area contributed by atoms with Gasteiger partial charge in [-0.05, 0) is 88.9 Å². The Balaban J connectivity index is 1.21. The third-order valence-corrected chi connectivity index (χ3v) is 7.91. The highest BCUT2D eigenvalue weighted by molar-refractivity contribution is 6.40. The first-order chi connectivity index (χ1) is 20.3. The lowest BCUT2D eigenvalue weighted by Gasteiger charge is -2.32. The molecule has 0 radical (unpaired) electrons. The molecule has 0 unspecified atom stereocenters. The van der Waals surface area contributed by atoms with Crippen LogP contribution in [-0.4, -0.2) is 56.2 Å². The fourth-order valence-electron chi connectivity index (χ4n) is 5.43. The van der Waals surface area contributed by atoms with Gasteiger partial charge in [0, 0.05) is 28.7 Å². The fourth-order valence-corrected chi connectivity index (χ4v) is 5.93. The minimum absolute atomic E-state index is 0.0493. The maximum atomic E-state index is 13.2. The van der Waals surface area contributed by atoms with Crippen LogP contribution in [0, 0.1) is 13.8 Å². The molecule has 3 amide bonds. The van der Waals surface area contributed by atoms with Gasteiger partial charge >= 0.3 is 17.9 Å². The van der Waals surface area contributed by atoms with Gasteiger partial charge in [-0.15, -0.1) is 0 Å². The molecule has 1 saturated heterocycles. The molecule has 0 atom stereocenters. The lowest BCUT2D eigenvalue weighted by molar-refractivity contribution is -0.144. The number of fused-ring (bicyclic) bond motifs is 1. The van der Waals surface area contributed by atoms with Gasteiger partial charge in [0.15, 0.2) is 5.75 Å². The molecule has 3 aromatic rings. The van der Waals surface area contributed by atoms with E-state index in [4.69, 9.17) is 32.7 Å². The number of carbonyl (C=O) groups is 3. The average Bonchev–Trinajstić information content (AvgIpc) is 3.52. The molecule has 2 aliphatic rings. The summed E-state index contributed by atoms with van der Waals surface area (Å²) in [6.45, 7) is 10.9. The Kier molecular flexibility index (Phi) is 8.63. The van der Waals surface area contributed by atoms with Crippen LogP contribution in [0.2, 0.25) is 10.0 Å². The van der Waals surface area contributed by atoms with Gasteiger partial charge in [-0.3, -0.25) is 19.2 Å². The van der Waals surface area contributed by atoms with Crippen LogP contribution in [0.25, 0.3) is 0 Å². The third-order valence-electron chi connectivity index (χ3n) is 7.46. The van der Waals surface area contributed by atoms with Gasteiger partial charge in [-0.1, -0.05) is 23.2 Å². The Morgan fingerprint density at radius 1 is 0.953 bits per heavy atom. The number of benzene rings is 2. The van der Waals surface area contributed by atoms with Gasteiger partial charge in [-0.25, -0.2) is 4.79 Å². The van der Waals surface area contributed by atoms with E-state index in [0.717, 1.165) is 22.4 Å². The molecule has 1 aromatic heterocycles. The zero-order chi connectivity index (χ0) is 31.1. The third kappa shape index (κ3) is 6.91. The molecular formula is C31H35Cl2N5O5. The Morgan fingerprint density at radius 2 is 1.63 bits per heavy atom. The number of aromatic nitrogens is 2. The molecule has 2 aliphatic heterocycles. The van der Waals surface area contributed by atoms with Gasteiger partial charge in [-0.2, -0.15) is 5.10 Å². The average molecular weight is 629 g/mol. The van der Waals surface area contributed by atoms with E-state index in [1.165, 1.54) is 0 Å². The number of anilines is 1. The van der Waals surface area contributed by atoms with Crippen molar-refractivity contribution in [3.63, 3.8) is 0 Å². The molecule has 0 aliphatic carbocycles. The van der Waals surface area contributed by atoms with Gasteiger partial charge in [0.05, 0.1) is 36.7 Å². The van der Waals surface area contributed by atoms with Crippen molar-refractivity contribution >= 4 is 46.8 Å². The SMILES string of the molecule is Cc1cc(Cl)cc(C)c1Oc1ccc(Cl)cc1NC(=O)C(=O)N1CCC(n2ncc3c2CN(C(=O)OC(C)(C)C)C3)CC1. The number of hydrogen-bond donors (Lipinski definition) is 1. The van der Waals surface area contributed by atoms with E-state index in [1.807, 2.05) is 39.3 Å². The second kappa shape index (κ2) is 12.1. The smallest absolute Gasteiger partial charge is 0.410 e. The van der Waals surface area contributed by atoms with Crippen LogP contribution in [0.1, 0.15) is 62.0 Å². The molecule has 1 N–H and O–H groups in total. The molecule has 228 valence electrons. The van der Waals surface area contributed by atoms with Gasteiger partial charge in [0.25, 0.3) is 0 Å². The summed E-state index contributed by atoms with van der Waals surface area (Å²) in [5.74, 6) is -0.450. The van der Waals surface area contributed by atoms with E-state index in [1.54, 1.807) is 46.3 Å². The van der Waals surface area contributed by atoms with Crippen molar-refractivity contribution in [2.45, 2.75) is 72.2 Å². The van der Waals surface area contributed by atoms with E-state index in [2.05, 4.69) is 10.4 Å². The van der Waals surface area contributed by atoms with Crippen LogP contribution in [0.15, 0.2) is 36.5 Å². The van der Waals surface area contributed by atoms with Gasteiger partial charge in [0.1, 0.15) is 11.4 Å². The summed E-state index contributed by atoms with van der Waals surface area (Å²) in [5, 5.41) is 8.26. The summed E-state index contributed by atoms with van der Waals surface area (Å²) in [6.07, 6.45) is 2.69. The zero-order valence-corrected chi connectivity index (χ0v) is 26.4. The quantitative estimate of drug-likeness (QED) is 0.325. The van der Waals surface area contributed by atoms with E-state index in [9.17, 15) is 14.4 Å².